The van der Waals surface area contributed by atoms with Gasteiger partial charge in [-0.2, -0.15) is 0 Å². The number of nitrogens with zero attached hydrogens (tertiary/aromatic N) is 1. The lowest BCUT2D eigenvalue weighted by Crippen LogP contribution is -1.99. The number of carboxylic acids is 1. The van der Waals surface area contributed by atoms with Crippen LogP contribution in [-0.2, 0) is 0 Å². The predicted molar refractivity (Wildman–Crippen MR) is 75.3 cm³/mol. The van der Waals surface area contributed by atoms with Gasteiger partial charge in [-0.25, -0.2) is 4.79 Å². The number of nitro benzene ring substituents is 1. The molecule has 1 N–H and O–H groups in total. The van der Waals surface area contributed by atoms with Crippen LogP contribution in [0.5, 0.6) is 0 Å². The van der Waals surface area contributed by atoms with Crippen molar-refractivity contribution in [2.24, 2.45) is 0 Å². The quantitative estimate of drug-likeness (QED) is 0.584. The number of non-ortho nitro benzene ring substituents is 1. The minimum absolute atomic E-state index is 0.153. The summed E-state index contributed by atoms with van der Waals surface area (Å²) < 4.78 is 5.61. The van der Waals surface area contributed by atoms with Crippen molar-refractivity contribution in [2.45, 2.75) is 0 Å². The molecule has 0 spiro atoms. The lowest BCUT2D eigenvalue weighted by atomic mass is 10.1. The Morgan fingerprint density at radius 1 is 1.14 bits per heavy atom. The van der Waals surface area contributed by atoms with Crippen LogP contribution in [0.4, 0.5) is 5.69 Å². The number of furan rings is 1. The summed E-state index contributed by atoms with van der Waals surface area (Å²) in [6.07, 6.45) is 0. The van der Waals surface area contributed by atoms with Crippen molar-refractivity contribution in [2.75, 3.05) is 0 Å². The smallest absolute Gasteiger partial charge is 0.335 e. The van der Waals surface area contributed by atoms with Gasteiger partial charge in [0.25, 0.3) is 5.69 Å². The molecule has 0 aliphatic heterocycles. The first kappa shape index (κ1) is 12.9. The first-order valence-electron chi connectivity index (χ1n) is 6.06. The van der Waals surface area contributed by atoms with E-state index in [1.165, 1.54) is 12.1 Å². The lowest BCUT2D eigenvalue weighted by Gasteiger charge is -2.00. The fraction of sp³-hybridized carbons (Fsp3) is 0. The van der Waals surface area contributed by atoms with Gasteiger partial charge in [0.15, 0.2) is 0 Å². The second-order valence-electron chi connectivity index (χ2n) is 4.48. The highest BCUT2D eigenvalue weighted by Gasteiger charge is 2.16. The molecule has 0 radical (unpaired) electrons. The number of para-hydroxylation sites is 1. The first-order chi connectivity index (χ1) is 10.0. The molecule has 0 saturated carbocycles. The normalized spacial score (nSPS) is 10.7. The number of nitro groups is 1. The van der Waals surface area contributed by atoms with Gasteiger partial charge in [-0.3, -0.25) is 10.1 Å². The summed E-state index contributed by atoms with van der Waals surface area (Å²) in [5, 5.41) is 20.8. The van der Waals surface area contributed by atoms with Crippen molar-refractivity contribution in [3.05, 3.63) is 64.2 Å². The molecule has 6 nitrogen and oxygen atoms in total. The molecule has 3 aromatic rings. The third-order valence-corrected chi connectivity index (χ3v) is 3.09. The van der Waals surface area contributed by atoms with Crippen LogP contribution < -0.4 is 0 Å². The number of hydrogen-bond donors (Lipinski definition) is 1. The molecule has 21 heavy (non-hydrogen) atoms. The molecular weight excluding hydrogens is 274 g/mol. The SMILES string of the molecule is O=C(O)c1cc(-c2cc3ccccc3o2)cc([N+](=O)[O-])c1. The summed E-state index contributed by atoms with van der Waals surface area (Å²) in [5.74, 6) is -0.835. The third kappa shape index (κ3) is 2.34. The zero-order valence-corrected chi connectivity index (χ0v) is 10.6. The molecule has 2 aromatic carbocycles. The molecule has 0 unspecified atom stereocenters. The van der Waals surface area contributed by atoms with Crippen LogP contribution in [0.25, 0.3) is 22.3 Å². The van der Waals surface area contributed by atoms with E-state index in [4.69, 9.17) is 9.52 Å². The maximum Gasteiger partial charge on any atom is 0.335 e. The van der Waals surface area contributed by atoms with E-state index in [9.17, 15) is 14.9 Å². The van der Waals surface area contributed by atoms with E-state index in [0.29, 0.717) is 16.9 Å². The molecule has 104 valence electrons. The first-order valence-corrected chi connectivity index (χ1v) is 6.06. The van der Waals surface area contributed by atoms with Gasteiger partial charge in [0.05, 0.1) is 10.5 Å². The monoisotopic (exact) mass is 283 g/mol. The molecule has 0 atom stereocenters. The van der Waals surface area contributed by atoms with Gasteiger partial charge in [0, 0.05) is 23.1 Å². The second kappa shape index (κ2) is 4.75. The van der Waals surface area contributed by atoms with E-state index in [1.807, 2.05) is 18.2 Å². The Hall–Kier alpha value is -3.15. The zero-order chi connectivity index (χ0) is 15.0. The molecule has 1 heterocycles. The molecule has 0 aliphatic carbocycles. The summed E-state index contributed by atoms with van der Waals surface area (Å²) in [6, 6.07) is 12.7. The van der Waals surface area contributed by atoms with E-state index in [-0.39, 0.29) is 11.3 Å². The van der Waals surface area contributed by atoms with E-state index in [2.05, 4.69) is 0 Å². The van der Waals surface area contributed by atoms with Crippen molar-refractivity contribution >= 4 is 22.6 Å². The average molecular weight is 283 g/mol. The van der Waals surface area contributed by atoms with Crippen LogP contribution in [0.1, 0.15) is 10.4 Å². The molecular formula is C15H9NO5. The zero-order valence-electron chi connectivity index (χ0n) is 10.6. The van der Waals surface area contributed by atoms with Gasteiger partial charge in [-0.05, 0) is 18.2 Å². The maximum atomic E-state index is 11.1. The Kier molecular flexibility index (Phi) is 2.91. The Morgan fingerprint density at radius 2 is 1.90 bits per heavy atom. The van der Waals surface area contributed by atoms with Gasteiger partial charge in [0.2, 0.25) is 0 Å². The van der Waals surface area contributed by atoms with Gasteiger partial charge in [0.1, 0.15) is 11.3 Å². The minimum atomic E-state index is -1.23. The van der Waals surface area contributed by atoms with Crippen molar-refractivity contribution in [3.63, 3.8) is 0 Å². The molecule has 3 rings (SSSR count). The summed E-state index contributed by atoms with van der Waals surface area (Å²) in [4.78, 5) is 21.4. The fourth-order valence-electron chi connectivity index (χ4n) is 2.11. The largest absolute Gasteiger partial charge is 0.478 e. The Bertz CT molecular complexity index is 800. The van der Waals surface area contributed by atoms with Gasteiger partial charge < -0.3 is 9.52 Å². The summed E-state index contributed by atoms with van der Waals surface area (Å²) >= 11 is 0. The number of carboxylic acid groups (broad SMARTS) is 1. The predicted octanol–water partition coefficient (Wildman–Crippen LogP) is 3.71. The van der Waals surface area contributed by atoms with Crippen LogP contribution >= 0.6 is 0 Å². The summed E-state index contributed by atoms with van der Waals surface area (Å²) in [7, 11) is 0. The van der Waals surface area contributed by atoms with Crippen molar-refractivity contribution in [3.8, 4) is 11.3 Å². The molecule has 0 amide bonds. The van der Waals surface area contributed by atoms with Gasteiger partial charge in [-0.15, -0.1) is 0 Å². The molecule has 1 aromatic heterocycles. The van der Waals surface area contributed by atoms with Crippen molar-refractivity contribution in [1.29, 1.82) is 0 Å². The van der Waals surface area contributed by atoms with Crippen molar-refractivity contribution < 1.29 is 19.2 Å². The van der Waals surface area contributed by atoms with Crippen LogP contribution in [-0.4, -0.2) is 16.0 Å². The molecule has 0 aliphatic rings. The Labute approximate surface area is 118 Å². The average Bonchev–Trinajstić information content (AvgIpc) is 2.90. The topological polar surface area (TPSA) is 93.6 Å². The number of aromatic carboxylic acids is 1. The minimum Gasteiger partial charge on any atom is -0.478 e. The summed E-state index contributed by atoms with van der Waals surface area (Å²) in [5.41, 5.74) is 0.554. The molecule has 0 saturated heterocycles. The van der Waals surface area contributed by atoms with Crippen LogP contribution in [0.15, 0.2) is 52.9 Å². The number of carbonyl (C=O) groups is 1. The fourth-order valence-corrected chi connectivity index (χ4v) is 2.11. The van der Waals surface area contributed by atoms with Crippen molar-refractivity contribution in [1.82, 2.24) is 0 Å². The molecule has 0 bridgehead atoms. The van der Waals surface area contributed by atoms with Gasteiger partial charge in [-0.1, -0.05) is 18.2 Å². The lowest BCUT2D eigenvalue weighted by molar-refractivity contribution is -0.384. The standard InChI is InChI=1S/C15H9NO5/c17-15(18)11-5-10(6-12(7-11)16(19)20)14-8-9-3-1-2-4-13(9)21-14/h1-8H,(H,17,18). The van der Waals surface area contributed by atoms with Crippen LogP contribution in [0.3, 0.4) is 0 Å². The number of rotatable bonds is 3. The van der Waals surface area contributed by atoms with E-state index in [0.717, 1.165) is 11.5 Å². The van der Waals surface area contributed by atoms with Crippen LogP contribution in [0.2, 0.25) is 0 Å². The van der Waals surface area contributed by atoms with Crippen LogP contribution in [0, 0.1) is 10.1 Å². The van der Waals surface area contributed by atoms with E-state index in [1.54, 1.807) is 12.1 Å². The molecule has 0 fully saturated rings. The second-order valence-corrected chi connectivity index (χ2v) is 4.48. The van der Waals surface area contributed by atoms with E-state index < -0.39 is 10.9 Å². The Morgan fingerprint density at radius 3 is 2.57 bits per heavy atom. The number of fused-ring (bicyclic) bond motifs is 1. The summed E-state index contributed by atoms with van der Waals surface area (Å²) in [6.45, 7) is 0. The number of hydrogen-bond acceptors (Lipinski definition) is 4. The highest BCUT2D eigenvalue weighted by atomic mass is 16.6. The molecule has 6 heteroatoms. The third-order valence-electron chi connectivity index (χ3n) is 3.09. The highest BCUT2D eigenvalue weighted by molar-refractivity contribution is 5.91. The Balaban J connectivity index is 2.20. The van der Waals surface area contributed by atoms with Gasteiger partial charge >= 0.3 is 5.97 Å². The maximum absolute atomic E-state index is 11.1. The van der Waals surface area contributed by atoms with E-state index >= 15 is 0 Å². The highest BCUT2D eigenvalue weighted by Crippen LogP contribution is 2.31. The number of benzene rings is 2.